The Labute approximate surface area is 112 Å². The average molecular weight is 286 g/mol. The van der Waals surface area contributed by atoms with Crippen molar-refractivity contribution in [3.63, 3.8) is 0 Å². The maximum absolute atomic E-state index is 13.5. The van der Waals surface area contributed by atoms with E-state index < -0.39 is 33.7 Å². The zero-order valence-electron chi connectivity index (χ0n) is 10.3. The van der Waals surface area contributed by atoms with Gasteiger partial charge in [0.05, 0.1) is 16.6 Å². The first-order valence-corrected chi connectivity index (χ1v) is 5.98. The molecule has 0 atom stereocenters. The molecule has 0 aromatic heterocycles. The van der Waals surface area contributed by atoms with Crippen LogP contribution in [0.2, 0.25) is 0 Å². The van der Waals surface area contributed by atoms with Crippen molar-refractivity contribution in [1.29, 1.82) is 0 Å². The van der Waals surface area contributed by atoms with E-state index in [-0.39, 0.29) is 18.6 Å². The van der Waals surface area contributed by atoms with Crippen LogP contribution in [0.4, 0.5) is 14.5 Å². The lowest BCUT2D eigenvalue weighted by Gasteiger charge is -2.31. The molecule has 0 saturated heterocycles. The van der Waals surface area contributed by atoms with Gasteiger partial charge in [-0.3, -0.25) is 14.9 Å². The van der Waals surface area contributed by atoms with Crippen LogP contribution in [0.15, 0.2) is 12.1 Å². The number of hydrogen-bond donors (Lipinski definition) is 2. The summed E-state index contributed by atoms with van der Waals surface area (Å²) in [5.41, 5.74) is -1.52. The molecule has 1 aliphatic rings. The third kappa shape index (κ3) is 2.90. The molecule has 0 heterocycles. The number of benzene rings is 1. The highest BCUT2D eigenvalue weighted by Gasteiger charge is 2.28. The van der Waals surface area contributed by atoms with Gasteiger partial charge in [-0.2, -0.15) is 4.39 Å². The number of halogens is 2. The van der Waals surface area contributed by atoms with Gasteiger partial charge in [0.15, 0.2) is 0 Å². The van der Waals surface area contributed by atoms with Gasteiger partial charge in [0, 0.05) is 18.7 Å². The van der Waals surface area contributed by atoms with Crippen LogP contribution in [0.1, 0.15) is 23.2 Å². The molecule has 0 radical (unpaired) electrons. The summed E-state index contributed by atoms with van der Waals surface area (Å²) in [6.45, 7) is 0.237. The first kappa shape index (κ1) is 14.3. The van der Waals surface area contributed by atoms with E-state index in [1.54, 1.807) is 0 Å². The lowest BCUT2D eigenvalue weighted by molar-refractivity contribution is -0.387. The predicted molar refractivity (Wildman–Crippen MR) is 64.1 cm³/mol. The minimum Gasteiger partial charge on any atom is -0.393 e. The second-order valence-electron chi connectivity index (χ2n) is 4.74. The second kappa shape index (κ2) is 5.49. The number of aliphatic hydroxyl groups excluding tert-OH is 1. The standard InChI is InChI=1S/C12H12F2N2O4/c13-9-4-10(14)11(16(19)20)3-8(9)12(18)15-5-6-1-7(17)2-6/h3-4,6-7,17H,1-2,5H2,(H,15,18). The summed E-state index contributed by atoms with van der Waals surface area (Å²) in [5, 5.41) is 22.0. The van der Waals surface area contributed by atoms with E-state index in [0.717, 1.165) is 0 Å². The maximum Gasteiger partial charge on any atom is 0.305 e. The SMILES string of the molecule is O=C(NCC1CC(O)C1)c1cc([N+](=O)[O-])c(F)cc1F. The van der Waals surface area contributed by atoms with Crippen molar-refractivity contribution in [1.82, 2.24) is 5.32 Å². The fourth-order valence-electron chi connectivity index (χ4n) is 2.05. The van der Waals surface area contributed by atoms with Gasteiger partial charge in [0.2, 0.25) is 5.82 Å². The van der Waals surface area contributed by atoms with Gasteiger partial charge < -0.3 is 10.4 Å². The highest BCUT2D eigenvalue weighted by molar-refractivity contribution is 5.95. The van der Waals surface area contributed by atoms with Gasteiger partial charge in [-0.25, -0.2) is 4.39 Å². The van der Waals surface area contributed by atoms with Crippen molar-refractivity contribution in [2.45, 2.75) is 18.9 Å². The number of nitrogens with zero attached hydrogens (tertiary/aromatic N) is 1. The summed E-state index contributed by atoms with van der Waals surface area (Å²) in [6, 6.07) is 0.899. The Kier molecular flexibility index (Phi) is 3.93. The monoisotopic (exact) mass is 286 g/mol. The fourth-order valence-corrected chi connectivity index (χ4v) is 2.05. The minimum atomic E-state index is -1.33. The lowest BCUT2D eigenvalue weighted by atomic mass is 9.82. The minimum absolute atomic E-state index is 0.104. The summed E-state index contributed by atoms with van der Waals surface area (Å²) >= 11 is 0. The van der Waals surface area contributed by atoms with Gasteiger partial charge in [-0.15, -0.1) is 0 Å². The smallest absolute Gasteiger partial charge is 0.305 e. The number of aliphatic hydroxyl groups is 1. The fraction of sp³-hybridized carbons (Fsp3) is 0.417. The van der Waals surface area contributed by atoms with Crippen LogP contribution in [-0.4, -0.2) is 28.6 Å². The molecule has 0 aliphatic heterocycles. The molecule has 1 aromatic rings. The van der Waals surface area contributed by atoms with Crippen LogP contribution in [-0.2, 0) is 0 Å². The summed E-state index contributed by atoms with van der Waals surface area (Å²) in [6.07, 6.45) is 0.721. The molecule has 2 N–H and O–H groups in total. The van der Waals surface area contributed by atoms with E-state index in [4.69, 9.17) is 5.11 Å². The predicted octanol–water partition coefficient (Wildman–Crippen LogP) is 1.37. The summed E-state index contributed by atoms with van der Waals surface area (Å²) in [4.78, 5) is 21.2. The molecule has 1 aromatic carbocycles. The number of hydrogen-bond acceptors (Lipinski definition) is 4. The van der Waals surface area contributed by atoms with E-state index >= 15 is 0 Å². The van der Waals surface area contributed by atoms with Crippen LogP contribution in [0.25, 0.3) is 0 Å². The highest BCUT2D eigenvalue weighted by atomic mass is 19.1. The molecule has 1 fully saturated rings. The molecule has 108 valence electrons. The Morgan fingerprint density at radius 1 is 1.40 bits per heavy atom. The third-order valence-corrected chi connectivity index (χ3v) is 3.24. The molecule has 6 nitrogen and oxygen atoms in total. The van der Waals surface area contributed by atoms with Crippen LogP contribution < -0.4 is 5.32 Å². The van der Waals surface area contributed by atoms with E-state index in [2.05, 4.69) is 5.32 Å². The Morgan fingerprint density at radius 3 is 2.60 bits per heavy atom. The van der Waals surface area contributed by atoms with Gasteiger partial charge in [-0.1, -0.05) is 0 Å². The number of carbonyl (C=O) groups excluding carboxylic acids is 1. The molecular formula is C12H12F2N2O4. The largest absolute Gasteiger partial charge is 0.393 e. The summed E-state index contributed by atoms with van der Waals surface area (Å²) in [7, 11) is 0. The molecule has 1 amide bonds. The number of carbonyl (C=O) groups is 1. The van der Waals surface area contributed by atoms with Gasteiger partial charge >= 0.3 is 5.69 Å². The molecule has 0 spiro atoms. The average Bonchev–Trinajstić information content (AvgIpc) is 2.32. The Morgan fingerprint density at radius 2 is 2.05 bits per heavy atom. The Hall–Kier alpha value is -2.09. The van der Waals surface area contributed by atoms with Gasteiger partial charge in [-0.05, 0) is 18.8 Å². The van der Waals surface area contributed by atoms with Crippen molar-refractivity contribution < 1.29 is 23.6 Å². The number of nitrogens with one attached hydrogen (secondary N) is 1. The molecule has 2 rings (SSSR count). The van der Waals surface area contributed by atoms with Crippen LogP contribution >= 0.6 is 0 Å². The number of nitro groups is 1. The van der Waals surface area contributed by atoms with Crippen molar-refractivity contribution in [3.8, 4) is 0 Å². The van der Waals surface area contributed by atoms with Crippen LogP contribution in [0.3, 0.4) is 0 Å². The Bertz CT molecular complexity index is 559. The summed E-state index contributed by atoms with van der Waals surface area (Å²) < 4.78 is 26.6. The Balaban J connectivity index is 2.08. The topological polar surface area (TPSA) is 92.5 Å². The molecule has 1 saturated carbocycles. The maximum atomic E-state index is 13.5. The molecule has 8 heteroatoms. The van der Waals surface area contributed by atoms with E-state index in [0.29, 0.717) is 25.0 Å². The van der Waals surface area contributed by atoms with Crippen LogP contribution in [0, 0.1) is 27.7 Å². The second-order valence-corrected chi connectivity index (χ2v) is 4.74. The van der Waals surface area contributed by atoms with Crippen molar-refractivity contribution in [3.05, 3.63) is 39.4 Å². The van der Waals surface area contributed by atoms with Crippen molar-refractivity contribution >= 4 is 11.6 Å². The first-order valence-electron chi connectivity index (χ1n) is 5.98. The van der Waals surface area contributed by atoms with Gasteiger partial charge in [0.25, 0.3) is 5.91 Å². The van der Waals surface area contributed by atoms with E-state index in [1.807, 2.05) is 0 Å². The molecule has 0 bridgehead atoms. The molecular weight excluding hydrogens is 274 g/mol. The third-order valence-electron chi connectivity index (χ3n) is 3.24. The zero-order chi connectivity index (χ0) is 14.9. The highest BCUT2D eigenvalue weighted by Crippen LogP contribution is 2.26. The quantitative estimate of drug-likeness (QED) is 0.646. The zero-order valence-corrected chi connectivity index (χ0v) is 10.3. The molecule has 0 unspecified atom stereocenters. The van der Waals surface area contributed by atoms with Gasteiger partial charge in [0.1, 0.15) is 5.82 Å². The molecule has 20 heavy (non-hydrogen) atoms. The first-order chi connectivity index (χ1) is 9.38. The summed E-state index contributed by atoms with van der Waals surface area (Å²) in [5.74, 6) is -3.22. The lowest BCUT2D eigenvalue weighted by Crippen LogP contribution is -2.38. The number of rotatable bonds is 4. The van der Waals surface area contributed by atoms with Crippen molar-refractivity contribution in [2.24, 2.45) is 5.92 Å². The van der Waals surface area contributed by atoms with E-state index in [9.17, 15) is 23.7 Å². The van der Waals surface area contributed by atoms with Crippen LogP contribution in [0.5, 0.6) is 0 Å². The van der Waals surface area contributed by atoms with Crippen molar-refractivity contribution in [2.75, 3.05) is 6.54 Å². The number of nitro benzene ring substituents is 1. The number of amides is 1. The molecule has 1 aliphatic carbocycles. The van der Waals surface area contributed by atoms with E-state index in [1.165, 1.54) is 0 Å². The normalized spacial score (nSPS) is 21.1.